The van der Waals surface area contributed by atoms with Crippen molar-refractivity contribution < 1.29 is 22.7 Å². The van der Waals surface area contributed by atoms with E-state index >= 15 is 0 Å². The number of aromatic nitrogens is 2. The molecule has 1 aliphatic heterocycles. The van der Waals surface area contributed by atoms with E-state index in [0.717, 1.165) is 11.3 Å². The third-order valence-electron chi connectivity index (χ3n) is 4.45. The van der Waals surface area contributed by atoms with Crippen LogP contribution in [-0.4, -0.2) is 48.5 Å². The van der Waals surface area contributed by atoms with Gasteiger partial charge in [0.05, 0.1) is 22.7 Å². The molecule has 3 aromatic rings. The standard InChI is InChI=1S/C21H18N6O5S4/c1-32-14-6-2-12(3-7-14)10-16-18(29)24-19(34-16)25-20-26-27-21(35-20)33-11-17(28)23-13-4-8-15(9-5-13)36(22,30)31/h2-10H,11H2,1H3,(H,23,28)(H2,22,30,31)(H,24,25,26,29)/b16-10-. The van der Waals surface area contributed by atoms with Crippen molar-refractivity contribution in [2.24, 2.45) is 10.1 Å². The largest absolute Gasteiger partial charge is 0.497 e. The fraction of sp³-hybridized carbons (Fsp3) is 0.0952. The fourth-order valence-electron chi connectivity index (χ4n) is 2.78. The molecule has 11 nitrogen and oxygen atoms in total. The number of amidine groups is 1. The van der Waals surface area contributed by atoms with Gasteiger partial charge in [-0.1, -0.05) is 35.2 Å². The normalized spacial score (nSPS) is 15.8. The molecule has 4 N–H and O–H groups in total. The van der Waals surface area contributed by atoms with E-state index in [1.54, 1.807) is 13.2 Å². The quantitative estimate of drug-likeness (QED) is 0.276. The number of carbonyl (C=O) groups excluding carboxylic acids is 2. The van der Waals surface area contributed by atoms with Gasteiger partial charge in [-0.25, -0.2) is 13.6 Å². The molecule has 1 saturated heterocycles. The highest BCUT2D eigenvalue weighted by Gasteiger charge is 2.24. The van der Waals surface area contributed by atoms with E-state index in [-0.39, 0.29) is 22.5 Å². The molecule has 1 aromatic heterocycles. The summed E-state index contributed by atoms with van der Waals surface area (Å²) >= 11 is 3.54. The first kappa shape index (κ1) is 25.8. The minimum atomic E-state index is -3.80. The van der Waals surface area contributed by atoms with E-state index in [4.69, 9.17) is 9.88 Å². The lowest BCUT2D eigenvalue weighted by Gasteiger charge is -2.05. The first-order chi connectivity index (χ1) is 17.2. The first-order valence-corrected chi connectivity index (χ1v) is 14.2. The van der Waals surface area contributed by atoms with Crippen LogP contribution in [0.4, 0.5) is 10.8 Å². The summed E-state index contributed by atoms with van der Waals surface area (Å²) in [5.41, 5.74) is 1.28. The van der Waals surface area contributed by atoms with Gasteiger partial charge in [-0.3, -0.25) is 9.59 Å². The smallest absolute Gasteiger partial charge is 0.264 e. The lowest BCUT2D eigenvalue weighted by molar-refractivity contribution is -0.115. The van der Waals surface area contributed by atoms with Crippen molar-refractivity contribution in [3.8, 4) is 5.75 Å². The number of hydrogen-bond acceptors (Lipinski definition) is 11. The number of nitrogens with zero attached hydrogens (tertiary/aromatic N) is 3. The minimum absolute atomic E-state index is 0.0437. The number of nitrogens with one attached hydrogen (secondary N) is 2. The SMILES string of the molecule is COc1ccc(/C=C2\S/C(=N/c3nnc(SCC(=O)Nc4ccc(S(N)(=O)=O)cc4)s3)NC2=O)cc1. The molecule has 4 rings (SSSR count). The number of rotatable bonds is 8. The van der Waals surface area contributed by atoms with Crippen molar-refractivity contribution in [3.63, 3.8) is 0 Å². The molecule has 2 aromatic carbocycles. The van der Waals surface area contributed by atoms with Crippen LogP contribution < -0.4 is 20.5 Å². The number of benzene rings is 2. The molecule has 0 aliphatic carbocycles. The van der Waals surface area contributed by atoms with E-state index in [0.29, 0.717) is 25.2 Å². The number of methoxy groups -OCH3 is 1. The van der Waals surface area contributed by atoms with Crippen LogP contribution in [-0.2, 0) is 19.6 Å². The number of ether oxygens (including phenoxy) is 1. The molecular formula is C21H18N6O5S4. The second kappa shape index (κ2) is 11.2. The summed E-state index contributed by atoms with van der Waals surface area (Å²) in [6.45, 7) is 0. The lowest BCUT2D eigenvalue weighted by Crippen LogP contribution is -2.19. The zero-order valence-corrected chi connectivity index (χ0v) is 21.8. The molecule has 1 fully saturated rings. The Morgan fingerprint density at radius 2 is 1.92 bits per heavy atom. The Hall–Kier alpha value is -3.24. The highest BCUT2D eigenvalue weighted by Crippen LogP contribution is 2.31. The number of sulfonamides is 1. The summed E-state index contributed by atoms with van der Waals surface area (Å²) in [6, 6.07) is 12.8. The summed E-state index contributed by atoms with van der Waals surface area (Å²) in [7, 11) is -2.21. The third kappa shape index (κ3) is 6.92. The van der Waals surface area contributed by atoms with Gasteiger partial charge >= 0.3 is 0 Å². The zero-order chi connectivity index (χ0) is 25.7. The zero-order valence-electron chi connectivity index (χ0n) is 18.5. The Labute approximate surface area is 218 Å². The number of amides is 2. The molecule has 15 heteroatoms. The van der Waals surface area contributed by atoms with E-state index in [2.05, 4.69) is 25.8 Å². The molecule has 0 unspecified atom stereocenters. The maximum atomic E-state index is 12.3. The molecule has 0 bridgehead atoms. The molecule has 0 spiro atoms. The molecule has 0 radical (unpaired) electrons. The van der Waals surface area contributed by atoms with Crippen molar-refractivity contribution in [1.82, 2.24) is 15.5 Å². The second-order valence-corrected chi connectivity index (χ2v) is 11.8. The number of hydrogen-bond donors (Lipinski definition) is 3. The van der Waals surface area contributed by atoms with Crippen LogP contribution in [0.5, 0.6) is 5.75 Å². The summed E-state index contributed by atoms with van der Waals surface area (Å²) in [6.07, 6.45) is 1.75. The van der Waals surface area contributed by atoms with E-state index in [1.807, 2.05) is 24.3 Å². The van der Waals surface area contributed by atoms with Crippen LogP contribution in [0.15, 0.2) is 67.7 Å². The summed E-state index contributed by atoms with van der Waals surface area (Å²) in [5.74, 6) is 0.215. The Morgan fingerprint density at radius 1 is 1.19 bits per heavy atom. The molecule has 36 heavy (non-hydrogen) atoms. The average molecular weight is 563 g/mol. The average Bonchev–Trinajstić information content (AvgIpc) is 3.43. The molecule has 0 saturated carbocycles. The van der Waals surface area contributed by atoms with Gasteiger partial charge in [-0.05, 0) is 59.8 Å². The molecule has 186 valence electrons. The van der Waals surface area contributed by atoms with Crippen molar-refractivity contribution in [1.29, 1.82) is 0 Å². The molecule has 2 amide bonds. The topological polar surface area (TPSA) is 166 Å². The van der Waals surface area contributed by atoms with Gasteiger partial charge in [-0.15, -0.1) is 10.2 Å². The van der Waals surface area contributed by atoms with Gasteiger partial charge < -0.3 is 15.4 Å². The summed E-state index contributed by atoms with van der Waals surface area (Å²) in [5, 5.41) is 19.1. The molecule has 0 atom stereocenters. The maximum absolute atomic E-state index is 12.3. The number of nitrogens with two attached hydrogens (primary N) is 1. The van der Waals surface area contributed by atoms with Crippen LogP contribution in [0.25, 0.3) is 6.08 Å². The summed E-state index contributed by atoms with van der Waals surface area (Å²) in [4.78, 5) is 29.3. The van der Waals surface area contributed by atoms with Crippen LogP contribution in [0.3, 0.4) is 0 Å². The van der Waals surface area contributed by atoms with E-state index in [1.165, 1.54) is 59.1 Å². The molecule has 1 aliphatic rings. The highest BCUT2D eigenvalue weighted by molar-refractivity contribution is 8.18. The first-order valence-electron chi connectivity index (χ1n) is 10.0. The van der Waals surface area contributed by atoms with Crippen molar-refractivity contribution in [2.45, 2.75) is 9.24 Å². The van der Waals surface area contributed by atoms with Crippen molar-refractivity contribution in [2.75, 3.05) is 18.2 Å². The predicted octanol–water partition coefficient (Wildman–Crippen LogP) is 2.82. The Balaban J connectivity index is 1.31. The van der Waals surface area contributed by atoms with Crippen LogP contribution >= 0.6 is 34.9 Å². The van der Waals surface area contributed by atoms with E-state index in [9.17, 15) is 18.0 Å². The molecule has 2 heterocycles. The monoisotopic (exact) mass is 562 g/mol. The Morgan fingerprint density at radius 3 is 2.58 bits per heavy atom. The Bertz CT molecular complexity index is 1450. The van der Waals surface area contributed by atoms with Crippen molar-refractivity contribution >= 4 is 78.8 Å². The van der Waals surface area contributed by atoms with Crippen LogP contribution in [0, 0.1) is 0 Å². The number of aliphatic imine (C=N–C) groups is 1. The number of primary sulfonamides is 1. The maximum Gasteiger partial charge on any atom is 0.264 e. The van der Waals surface area contributed by atoms with Gasteiger partial charge in [0.15, 0.2) is 9.51 Å². The van der Waals surface area contributed by atoms with Gasteiger partial charge in [0, 0.05) is 5.69 Å². The minimum Gasteiger partial charge on any atom is -0.497 e. The van der Waals surface area contributed by atoms with E-state index < -0.39 is 10.0 Å². The fourth-order valence-corrected chi connectivity index (χ4v) is 5.69. The lowest BCUT2D eigenvalue weighted by atomic mass is 10.2. The highest BCUT2D eigenvalue weighted by atomic mass is 32.2. The van der Waals surface area contributed by atoms with Gasteiger partial charge in [0.1, 0.15) is 5.75 Å². The van der Waals surface area contributed by atoms with Gasteiger partial charge in [0.2, 0.25) is 21.1 Å². The number of carbonyl (C=O) groups is 2. The summed E-state index contributed by atoms with van der Waals surface area (Å²) < 4.78 is 28.3. The number of anilines is 1. The number of thioether (sulfide) groups is 2. The predicted molar refractivity (Wildman–Crippen MR) is 141 cm³/mol. The molecular weight excluding hydrogens is 545 g/mol. The van der Waals surface area contributed by atoms with Crippen LogP contribution in [0.2, 0.25) is 0 Å². The third-order valence-corrected chi connectivity index (χ3v) is 8.24. The van der Waals surface area contributed by atoms with Gasteiger partial charge in [-0.2, -0.15) is 4.99 Å². The van der Waals surface area contributed by atoms with Crippen molar-refractivity contribution in [3.05, 3.63) is 59.0 Å². The second-order valence-electron chi connectivity index (χ2n) is 7.01. The Kier molecular flexibility index (Phi) is 8.05. The van der Waals surface area contributed by atoms with Crippen LogP contribution in [0.1, 0.15) is 5.56 Å². The van der Waals surface area contributed by atoms with Gasteiger partial charge in [0.25, 0.3) is 5.91 Å².